The summed E-state index contributed by atoms with van der Waals surface area (Å²) in [5.41, 5.74) is 2.23. The summed E-state index contributed by atoms with van der Waals surface area (Å²) in [6, 6.07) is 9.84. The van der Waals surface area contributed by atoms with Gasteiger partial charge in [0.1, 0.15) is 11.6 Å². The molecule has 1 saturated carbocycles. The first kappa shape index (κ1) is 16.0. The Balaban J connectivity index is 2.15. The third kappa shape index (κ3) is 2.96. The van der Waals surface area contributed by atoms with Gasteiger partial charge in [0.2, 0.25) is 0 Å². The predicted molar refractivity (Wildman–Crippen MR) is 86.6 cm³/mol. The zero-order valence-corrected chi connectivity index (χ0v) is 13.3. The first-order valence-corrected chi connectivity index (χ1v) is 7.74. The summed E-state index contributed by atoms with van der Waals surface area (Å²) >= 11 is 0. The normalized spacial score (nSPS) is 16.9. The Morgan fingerprint density at radius 1 is 1.17 bits per heavy atom. The summed E-state index contributed by atoms with van der Waals surface area (Å²) in [6.45, 7) is 1.91. The molecule has 4 heteroatoms. The smallest absolute Gasteiger partial charge is 0.131 e. The van der Waals surface area contributed by atoms with Gasteiger partial charge in [0.25, 0.3) is 0 Å². The van der Waals surface area contributed by atoms with Crippen LogP contribution in [0.3, 0.4) is 0 Å². The lowest BCUT2D eigenvalue weighted by molar-refractivity contribution is 0.104. The molecule has 1 atom stereocenters. The van der Waals surface area contributed by atoms with Crippen molar-refractivity contribution in [3.05, 3.63) is 53.3 Å². The maximum absolute atomic E-state index is 14.3. The van der Waals surface area contributed by atoms with Gasteiger partial charge < -0.3 is 14.9 Å². The van der Waals surface area contributed by atoms with Crippen molar-refractivity contribution in [2.75, 3.05) is 7.11 Å². The van der Waals surface area contributed by atoms with Crippen LogP contribution in [0.5, 0.6) is 5.75 Å². The molecular formula is C19H21FO3. The van der Waals surface area contributed by atoms with E-state index < -0.39 is 6.10 Å². The number of halogens is 1. The lowest BCUT2D eigenvalue weighted by Crippen LogP contribution is -2.12. The number of benzene rings is 2. The molecule has 1 aliphatic carbocycles. The van der Waals surface area contributed by atoms with E-state index in [1.165, 1.54) is 13.2 Å². The van der Waals surface area contributed by atoms with Crippen molar-refractivity contribution in [1.82, 2.24) is 0 Å². The minimum Gasteiger partial charge on any atom is -0.497 e. The van der Waals surface area contributed by atoms with Crippen molar-refractivity contribution < 1.29 is 19.3 Å². The maximum atomic E-state index is 14.3. The van der Waals surface area contributed by atoms with Gasteiger partial charge in [0.15, 0.2) is 0 Å². The minimum atomic E-state index is -0.686. The van der Waals surface area contributed by atoms with Gasteiger partial charge >= 0.3 is 0 Å². The third-order valence-electron chi connectivity index (χ3n) is 4.76. The van der Waals surface area contributed by atoms with E-state index in [-0.39, 0.29) is 17.8 Å². The average Bonchev–Trinajstić information content (AvgIpc) is 3.33. The first-order valence-electron chi connectivity index (χ1n) is 7.74. The zero-order chi connectivity index (χ0) is 16.6. The van der Waals surface area contributed by atoms with Crippen molar-refractivity contribution in [3.63, 3.8) is 0 Å². The molecule has 0 spiro atoms. The van der Waals surface area contributed by atoms with Gasteiger partial charge in [-0.15, -0.1) is 0 Å². The standard InChI is InChI=1S/C19H21FO3/c1-19(7-8-19)18(22)16-9-12(11-21)3-5-14(16)15-10-13(23-2)4-6-17(15)20/h3-6,9-10,18,21-22H,7-8,11H2,1-2H3. The van der Waals surface area contributed by atoms with Gasteiger partial charge in [-0.25, -0.2) is 4.39 Å². The van der Waals surface area contributed by atoms with Crippen molar-refractivity contribution in [2.45, 2.75) is 32.5 Å². The van der Waals surface area contributed by atoms with Gasteiger partial charge in [-0.3, -0.25) is 0 Å². The fraction of sp³-hybridized carbons (Fsp3) is 0.368. The summed E-state index contributed by atoms with van der Waals surface area (Å²) in [5, 5.41) is 20.1. The van der Waals surface area contributed by atoms with Crippen LogP contribution >= 0.6 is 0 Å². The van der Waals surface area contributed by atoms with Crippen LogP contribution in [0.15, 0.2) is 36.4 Å². The second-order valence-corrected chi connectivity index (χ2v) is 6.48. The SMILES string of the molecule is COc1ccc(F)c(-c2ccc(CO)cc2C(O)C2(C)CC2)c1. The average molecular weight is 316 g/mol. The number of methoxy groups -OCH3 is 1. The Morgan fingerprint density at radius 2 is 1.91 bits per heavy atom. The van der Waals surface area contributed by atoms with E-state index in [1.807, 2.05) is 6.92 Å². The van der Waals surface area contributed by atoms with Crippen LogP contribution < -0.4 is 4.74 Å². The van der Waals surface area contributed by atoms with E-state index >= 15 is 0 Å². The lowest BCUT2D eigenvalue weighted by atomic mass is 9.87. The summed E-state index contributed by atoms with van der Waals surface area (Å²) < 4.78 is 19.5. The summed E-state index contributed by atoms with van der Waals surface area (Å²) in [5.74, 6) is 0.197. The van der Waals surface area contributed by atoms with Gasteiger partial charge in [-0.2, -0.15) is 0 Å². The van der Waals surface area contributed by atoms with Crippen LogP contribution in [-0.4, -0.2) is 17.3 Å². The fourth-order valence-corrected chi connectivity index (χ4v) is 2.87. The largest absolute Gasteiger partial charge is 0.497 e. The second-order valence-electron chi connectivity index (χ2n) is 6.48. The molecule has 122 valence electrons. The van der Waals surface area contributed by atoms with Crippen molar-refractivity contribution in [3.8, 4) is 16.9 Å². The molecule has 3 nitrogen and oxygen atoms in total. The molecule has 2 aromatic carbocycles. The third-order valence-corrected chi connectivity index (χ3v) is 4.76. The molecule has 1 aliphatic rings. The molecule has 0 radical (unpaired) electrons. The van der Waals surface area contributed by atoms with Crippen LogP contribution in [-0.2, 0) is 6.61 Å². The van der Waals surface area contributed by atoms with Crippen molar-refractivity contribution in [2.24, 2.45) is 5.41 Å². The molecule has 23 heavy (non-hydrogen) atoms. The van der Waals surface area contributed by atoms with Crippen LogP contribution in [0.25, 0.3) is 11.1 Å². The molecular weight excluding hydrogens is 295 g/mol. The molecule has 1 fully saturated rings. The van der Waals surface area contributed by atoms with E-state index in [0.717, 1.165) is 12.8 Å². The van der Waals surface area contributed by atoms with Gasteiger partial charge in [0.05, 0.1) is 19.8 Å². The Morgan fingerprint density at radius 3 is 2.52 bits per heavy atom. The molecule has 2 N–H and O–H groups in total. The van der Waals surface area contributed by atoms with Gasteiger partial charge in [-0.05, 0) is 53.1 Å². The predicted octanol–water partition coefficient (Wildman–Crippen LogP) is 3.83. The van der Waals surface area contributed by atoms with Gasteiger partial charge in [-0.1, -0.05) is 25.1 Å². The summed E-state index contributed by atoms with van der Waals surface area (Å²) in [6.07, 6.45) is 1.20. The highest BCUT2D eigenvalue weighted by Gasteiger charge is 2.45. The van der Waals surface area contributed by atoms with Crippen LogP contribution in [0.1, 0.15) is 37.0 Å². The molecule has 0 aliphatic heterocycles. The lowest BCUT2D eigenvalue weighted by Gasteiger charge is -2.22. The molecule has 0 aromatic heterocycles. The highest BCUT2D eigenvalue weighted by molar-refractivity contribution is 5.70. The molecule has 0 amide bonds. The topological polar surface area (TPSA) is 49.7 Å². The first-order chi connectivity index (χ1) is 11.0. The van der Waals surface area contributed by atoms with Crippen molar-refractivity contribution >= 4 is 0 Å². The van der Waals surface area contributed by atoms with Crippen LogP contribution in [0.4, 0.5) is 4.39 Å². The molecule has 2 aromatic rings. The van der Waals surface area contributed by atoms with Gasteiger partial charge in [0, 0.05) is 5.56 Å². The Bertz CT molecular complexity index is 723. The number of hydrogen-bond acceptors (Lipinski definition) is 3. The number of hydrogen-bond donors (Lipinski definition) is 2. The summed E-state index contributed by atoms with van der Waals surface area (Å²) in [4.78, 5) is 0. The summed E-state index contributed by atoms with van der Waals surface area (Å²) in [7, 11) is 1.53. The number of aliphatic hydroxyl groups excluding tert-OH is 2. The van der Waals surface area contributed by atoms with E-state index in [2.05, 4.69) is 0 Å². The van der Waals surface area contributed by atoms with Crippen LogP contribution in [0.2, 0.25) is 0 Å². The van der Waals surface area contributed by atoms with Crippen LogP contribution in [0, 0.1) is 11.2 Å². The van der Waals surface area contributed by atoms with E-state index in [1.54, 1.807) is 30.3 Å². The second kappa shape index (κ2) is 5.95. The number of ether oxygens (including phenoxy) is 1. The Labute approximate surface area is 135 Å². The number of rotatable bonds is 5. The highest BCUT2D eigenvalue weighted by Crippen LogP contribution is 2.55. The molecule has 0 saturated heterocycles. The maximum Gasteiger partial charge on any atom is 0.131 e. The highest BCUT2D eigenvalue weighted by atomic mass is 19.1. The molecule has 0 bridgehead atoms. The van der Waals surface area contributed by atoms with E-state index in [4.69, 9.17) is 4.74 Å². The zero-order valence-electron chi connectivity index (χ0n) is 13.3. The molecule has 3 rings (SSSR count). The van der Waals surface area contributed by atoms with Crippen molar-refractivity contribution in [1.29, 1.82) is 0 Å². The monoisotopic (exact) mass is 316 g/mol. The Hall–Kier alpha value is -1.91. The Kier molecular flexibility index (Phi) is 4.13. The number of aliphatic hydroxyl groups is 2. The quantitative estimate of drug-likeness (QED) is 0.881. The molecule has 1 unspecified atom stereocenters. The molecule has 0 heterocycles. The fourth-order valence-electron chi connectivity index (χ4n) is 2.87. The minimum absolute atomic E-state index is 0.114. The van der Waals surface area contributed by atoms with E-state index in [9.17, 15) is 14.6 Å². The van der Waals surface area contributed by atoms with E-state index in [0.29, 0.717) is 28.0 Å².